The van der Waals surface area contributed by atoms with E-state index in [0.717, 1.165) is 25.3 Å². The van der Waals surface area contributed by atoms with Crippen LogP contribution < -0.4 is 10.6 Å². The average Bonchev–Trinajstić information content (AvgIpc) is 2.38. The van der Waals surface area contributed by atoms with E-state index in [1.165, 1.54) is 12.8 Å². The van der Waals surface area contributed by atoms with E-state index < -0.39 is 0 Å². The van der Waals surface area contributed by atoms with Crippen molar-refractivity contribution in [2.24, 2.45) is 5.41 Å². The minimum atomic E-state index is 0.255. The first-order valence-electron chi connectivity index (χ1n) is 6.27. The first-order chi connectivity index (χ1) is 8.63. The summed E-state index contributed by atoms with van der Waals surface area (Å²) in [5.74, 6) is 0. The molecule has 96 valence electrons. The Morgan fingerprint density at radius 1 is 1.56 bits per heavy atom. The summed E-state index contributed by atoms with van der Waals surface area (Å²) in [5, 5.41) is 16.5. The summed E-state index contributed by atoms with van der Waals surface area (Å²) < 4.78 is 0. The Balaban J connectivity index is 2.04. The highest BCUT2D eigenvalue weighted by Gasteiger charge is 2.26. The molecule has 1 fully saturated rings. The van der Waals surface area contributed by atoms with Gasteiger partial charge in [0.2, 0.25) is 0 Å². The number of nitriles is 1. The van der Waals surface area contributed by atoms with Crippen molar-refractivity contribution in [2.75, 3.05) is 25.0 Å². The summed E-state index contributed by atoms with van der Waals surface area (Å²) in [7, 11) is 0. The number of nitrogens with zero attached hydrogens (tertiary/aromatic N) is 1. The van der Waals surface area contributed by atoms with E-state index in [1.807, 2.05) is 12.1 Å². The zero-order valence-corrected chi connectivity index (χ0v) is 11.3. The van der Waals surface area contributed by atoms with Gasteiger partial charge in [0.1, 0.15) is 6.07 Å². The average molecular weight is 264 g/mol. The lowest BCUT2D eigenvalue weighted by Crippen LogP contribution is -2.42. The van der Waals surface area contributed by atoms with Gasteiger partial charge in [0.25, 0.3) is 0 Å². The zero-order chi connectivity index (χ0) is 13.0. The maximum atomic E-state index is 9.08. The molecule has 3 nitrogen and oxygen atoms in total. The monoisotopic (exact) mass is 263 g/mol. The van der Waals surface area contributed by atoms with E-state index in [4.69, 9.17) is 16.9 Å². The fraction of sp³-hybridized carbons (Fsp3) is 0.500. The van der Waals surface area contributed by atoms with Gasteiger partial charge in [0.15, 0.2) is 0 Å². The van der Waals surface area contributed by atoms with Crippen LogP contribution in [0.25, 0.3) is 0 Å². The second kappa shape index (κ2) is 5.60. The molecule has 1 saturated heterocycles. The smallest absolute Gasteiger partial charge is 0.101 e. The summed E-state index contributed by atoms with van der Waals surface area (Å²) in [6.45, 7) is 5.28. The van der Waals surface area contributed by atoms with Crippen LogP contribution in [0.4, 0.5) is 5.69 Å². The van der Waals surface area contributed by atoms with E-state index >= 15 is 0 Å². The van der Waals surface area contributed by atoms with Gasteiger partial charge >= 0.3 is 0 Å². The third-order valence-corrected chi connectivity index (χ3v) is 3.73. The fourth-order valence-corrected chi connectivity index (χ4v) is 2.51. The number of anilines is 1. The third-order valence-electron chi connectivity index (χ3n) is 3.49. The molecule has 1 unspecified atom stereocenters. The van der Waals surface area contributed by atoms with Gasteiger partial charge in [0, 0.05) is 18.1 Å². The Bertz CT molecular complexity index is 459. The van der Waals surface area contributed by atoms with E-state index in [9.17, 15) is 0 Å². The molecular weight excluding hydrogens is 246 g/mol. The normalized spacial score (nSPS) is 23.4. The quantitative estimate of drug-likeness (QED) is 0.881. The van der Waals surface area contributed by atoms with Crippen LogP contribution in [0.5, 0.6) is 0 Å². The number of benzene rings is 1. The van der Waals surface area contributed by atoms with Crippen LogP contribution >= 0.6 is 11.6 Å². The fourth-order valence-electron chi connectivity index (χ4n) is 2.34. The number of rotatable bonds is 3. The lowest BCUT2D eigenvalue weighted by Gasteiger charge is -2.34. The molecule has 1 aromatic carbocycles. The summed E-state index contributed by atoms with van der Waals surface area (Å²) in [6.07, 6.45) is 2.42. The van der Waals surface area contributed by atoms with Gasteiger partial charge in [0.05, 0.1) is 11.3 Å². The minimum absolute atomic E-state index is 0.255. The molecule has 2 N–H and O–H groups in total. The molecule has 1 heterocycles. The van der Waals surface area contributed by atoms with Crippen LogP contribution in [0.3, 0.4) is 0 Å². The molecule has 1 aliphatic rings. The van der Waals surface area contributed by atoms with Crippen molar-refractivity contribution in [1.82, 2.24) is 5.32 Å². The molecule has 0 spiro atoms. The maximum Gasteiger partial charge on any atom is 0.101 e. The Labute approximate surface area is 113 Å². The molecule has 0 amide bonds. The highest BCUT2D eigenvalue weighted by atomic mass is 35.5. The van der Waals surface area contributed by atoms with Gasteiger partial charge in [-0.2, -0.15) is 5.26 Å². The van der Waals surface area contributed by atoms with Gasteiger partial charge < -0.3 is 10.6 Å². The van der Waals surface area contributed by atoms with Crippen molar-refractivity contribution in [1.29, 1.82) is 5.26 Å². The molecule has 4 heteroatoms. The standard InChI is InChI=1S/C14H18ClN3/c1-14(5-2-6-17-9-14)10-18-13-4-3-12(15)7-11(13)8-16/h3-4,7,17-18H,2,5-6,9-10H2,1H3. The topological polar surface area (TPSA) is 47.9 Å². The predicted octanol–water partition coefficient (Wildman–Crippen LogP) is 3.01. The predicted molar refractivity (Wildman–Crippen MR) is 74.9 cm³/mol. The van der Waals surface area contributed by atoms with Crippen molar-refractivity contribution >= 4 is 17.3 Å². The van der Waals surface area contributed by atoms with Gasteiger partial charge in [-0.25, -0.2) is 0 Å². The molecule has 0 aliphatic carbocycles. The molecule has 0 saturated carbocycles. The molecule has 2 rings (SSSR count). The van der Waals surface area contributed by atoms with Crippen molar-refractivity contribution in [3.63, 3.8) is 0 Å². The van der Waals surface area contributed by atoms with Crippen LogP contribution in [0, 0.1) is 16.7 Å². The molecular formula is C14H18ClN3. The number of halogens is 1. The Kier molecular flexibility index (Phi) is 4.11. The van der Waals surface area contributed by atoms with E-state index in [2.05, 4.69) is 23.6 Å². The van der Waals surface area contributed by atoms with Crippen LogP contribution in [0.2, 0.25) is 5.02 Å². The van der Waals surface area contributed by atoms with E-state index in [-0.39, 0.29) is 5.41 Å². The molecule has 1 atom stereocenters. The van der Waals surface area contributed by atoms with Crippen LogP contribution in [-0.2, 0) is 0 Å². The molecule has 0 radical (unpaired) electrons. The molecule has 0 aromatic heterocycles. The second-order valence-electron chi connectivity index (χ2n) is 5.25. The highest BCUT2D eigenvalue weighted by Crippen LogP contribution is 2.27. The minimum Gasteiger partial charge on any atom is -0.383 e. The van der Waals surface area contributed by atoms with Crippen LogP contribution in [0.1, 0.15) is 25.3 Å². The Morgan fingerprint density at radius 3 is 3.06 bits per heavy atom. The van der Waals surface area contributed by atoms with Crippen molar-refractivity contribution < 1.29 is 0 Å². The Hall–Kier alpha value is -1.24. The van der Waals surface area contributed by atoms with E-state index in [1.54, 1.807) is 6.07 Å². The highest BCUT2D eigenvalue weighted by molar-refractivity contribution is 6.30. The lowest BCUT2D eigenvalue weighted by atomic mass is 9.82. The second-order valence-corrected chi connectivity index (χ2v) is 5.68. The van der Waals surface area contributed by atoms with Crippen molar-refractivity contribution in [3.8, 4) is 6.07 Å². The number of piperidine rings is 1. The molecule has 1 aromatic rings. The van der Waals surface area contributed by atoms with Gasteiger partial charge in [-0.1, -0.05) is 18.5 Å². The molecule has 1 aliphatic heterocycles. The maximum absolute atomic E-state index is 9.08. The number of hydrogen-bond acceptors (Lipinski definition) is 3. The van der Waals surface area contributed by atoms with Crippen molar-refractivity contribution in [3.05, 3.63) is 28.8 Å². The van der Waals surface area contributed by atoms with Crippen molar-refractivity contribution in [2.45, 2.75) is 19.8 Å². The summed E-state index contributed by atoms with van der Waals surface area (Å²) in [5.41, 5.74) is 1.73. The summed E-state index contributed by atoms with van der Waals surface area (Å²) >= 11 is 5.88. The lowest BCUT2D eigenvalue weighted by molar-refractivity contribution is 0.253. The third kappa shape index (κ3) is 3.16. The number of nitrogens with one attached hydrogen (secondary N) is 2. The summed E-state index contributed by atoms with van der Waals surface area (Å²) in [6, 6.07) is 7.56. The van der Waals surface area contributed by atoms with E-state index in [0.29, 0.717) is 10.6 Å². The Morgan fingerprint density at radius 2 is 2.39 bits per heavy atom. The summed E-state index contributed by atoms with van der Waals surface area (Å²) in [4.78, 5) is 0. The zero-order valence-electron chi connectivity index (χ0n) is 10.6. The SMILES string of the molecule is CC1(CNc2ccc(Cl)cc2C#N)CCCNC1. The largest absolute Gasteiger partial charge is 0.383 e. The van der Waals surface area contributed by atoms with Gasteiger partial charge in [-0.05, 0) is 43.0 Å². The van der Waals surface area contributed by atoms with Crippen LogP contribution in [-0.4, -0.2) is 19.6 Å². The molecule has 18 heavy (non-hydrogen) atoms. The molecule has 0 bridgehead atoms. The first kappa shape index (κ1) is 13.2. The number of hydrogen-bond donors (Lipinski definition) is 2. The van der Waals surface area contributed by atoms with Gasteiger partial charge in [-0.15, -0.1) is 0 Å². The first-order valence-corrected chi connectivity index (χ1v) is 6.65. The van der Waals surface area contributed by atoms with Crippen LogP contribution in [0.15, 0.2) is 18.2 Å². The van der Waals surface area contributed by atoms with Gasteiger partial charge in [-0.3, -0.25) is 0 Å².